The van der Waals surface area contributed by atoms with Crippen molar-refractivity contribution in [2.75, 3.05) is 12.3 Å². The van der Waals surface area contributed by atoms with Gasteiger partial charge in [-0.2, -0.15) is 0 Å². The van der Waals surface area contributed by atoms with Crippen molar-refractivity contribution in [2.24, 2.45) is 0 Å². The summed E-state index contributed by atoms with van der Waals surface area (Å²) in [6.07, 6.45) is -6.84. The highest BCUT2D eigenvalue weighted by molar-refractivity contribution is 5.87. The Kier molecular flexibility index (Phi) is 8.91. The van der Waals surface area contributed by atoms with Crippen LogP contribution in [-0.2, 0) is 4.79 Å². The van der Waals surface area contributed by atoms with Gasteiger partial charge >= 0.3 is 5.97 Å². The number of aromatic carboxylic acids is 1. The van der Waals surface area contributed by atoms with Crippen LogP contribution in [0.5, 0.6) is 0 Å². The maximum Gasteiger partial charge on any atom is 0.335 e. The maximum absolute atomic E-state index is 10.3. The number of hydrogen-bond donors (Lipinski definition) is 7. The largest absolute Gasteiger partial charge is 0.478 e. The summed E-state index contributed by atoms with van der Waals surface area (Å²) in [5.74, 6) is -0.931. The molecule has 1 rings (SSSR count). The van der Waals surface area contributed by atoms with E-state index in [1.165, 1.54) is 12.1 Å². The maximum atomic E-state index is 10.3. The molecule has 8 N–H and O–H groups in total. The summed E-state index contributed by atoms with van der Waals surface area (Å²) >= 11 is 0. The van der Waals surface area contributed by atoms with Gasteiger partial charge in [0.15, 0.2) is 6.29 Å². The van der Waals surface area contributed by atoms with Gasteiger partial charge in [0.1, 0.15) is 24.4 Å². The van der Waals surface area contributed by atoms with E-state index in [1.54, 1.807) is 12.1 Å². The van der Waals surface area contributed by atoms with E-state index >= 15 is 0 Å². The lowest BCUT2D eigenvalue weighted by atomic mass is 10.0. The van der Waals surface area contributed by atoms with Crippen molar-refractivity contribution in [1.82, 2.24) is 0 Å². The first-order valence-corrected chi connectivity index (χ1v) is 6.11. The molecule has 0 heterocycles. The Morgan fingerprint density at radius 2 is 1.59 bits per heavy atom. The lowest BCUT2D eigenvalue weighted by molar-refractivity contribution is -0.136. The second-order valence-corrected chi connectivity index (χ2v) is 4.28. The number of hydrogen-bond acceptors (Lipinski definition) is 8. The molecule has 0 saturated heterocycles. The van der Waals surface area contributed by atoms with Gasteiger partial charge in [-0.1, -0.05) is 0 Å². The first-order chi connectivity index (χ1) is 10.2. The summed E-state index contributed by atoms with van der Waals surface area (Å²) in [4.78, 5) is 20.2. The molecule has 0 aliphatic heterocycles. The minimum Gasteiger partial charge on any atom is -0.478 e. The third kappa shape index (κ3) is 6.61. The fourth-order valence-electron chi connectivity index (χ4n) is 1.24. The molecule has 9 heteroatoms. The number of rotatable bonds is 6. The van der Waals surface area contributed by atoms with Gasteiger partial charge in [0.25, 0.3) is 0 Å². The highest BCUT2D eigenvalue weighted by Crippen LogP contribution is 2.04. The van der Waals surface area contributed by atoms with Crippen LogP contribution in [0.3, 0.4) is 0 Å². The molecule has 124 valence electrons. The van der Waals surface area contributed by atoms with E-state index in [0.717, 1.165) is 0 Å². The molecule has 1 aromatic rings. The molecule has 0 fully saturated rings. The molecule has 0 saturated carbocycles. The fraction of sp³-hybridized carbons (Fsp3) is 0.385. The molecular formula is C13H19NO8. The number of aldehydes is 1. The Balaban J connectivity index is 0.000000406. The monoisotopic (exact) mass is 317 g/mol. The van der Waals surface area contributed by atoms with Crippen LogP contribution in [-0.4, -0.2) is 73.9 Å². The predicted octanol–water partition coefficient (Wildman–Crippen LogP) is -2.41. The number of aliphatic hydroxyl groups is 5. The Morgan fingerprint density at radius 3 is 1.95 bits per heavy atom. The van der Waals surface area contributed by atoms with Crippen molar-refractivity contribution >= 4 is 17.9 Å². The lowest BCUT2D eigenvalue weighted by Gasteiger charge is -2.22. The van der Waals surface area contributed by atoms with Gasteiger partial charge < -0.3 is 41.2 Å². The highest BCUT2D eigenvalue weighted by atomic mass is 16.4. The summed E-state index contributed by atoms with van der Waals surface area (Å²) in [7, 11) is 0. The van der Waals surface area contributed by atoms with E-state index in [4.69, 9.17) is 36.4 Å². The Labute approximate surface area is 125 Å². The number of nitrogens with two attached hydrogens (primary N) is 1. The molecule has 0 aliphatic carbocycles. The summed E-state index contributed by atoms with van der Waals surface area (Å²) in [6.45, 7) is -0.760. The summed E-state index contributed by atoms with van der Waals surface area (Å²) in [6, 6.07) is 6.06. The smallest absolute Gasteiger partial charge is 0.335 e. The predicted molar refractivity (Wildman–Crippen MR) is 75.0 cm³/mol. The SMILES string of the molecule is Nc1ccc(C(=O)O)cc1.O=C[C@H](O)[C@@H](O)[C@H](O)[C@H](O)CO. The van der Waals surface area contributed by atoms with Gasteiger partial charge in [0.2, 0.25) is 0 Å². The summed E-state index contributed by atoms with van der Waals surface area (Å²) < 4.78 is 0. The topological polar surface area (TPSA) is 182 Å². The van der Waals surface area contributed by atoms with E-state index in [-0.39, 0.29) is 11.8 Å². The fourth-order valence-corrected chi connectivity index (χ4v) is 1.24. The van der Waals surface area contributed by atoms with Crippen LogP contribution in [0.25, 0.3) is 0 Å². The van der Waals surface area contributed by atoms with Crippen molar-refractivity contribution in [3.8, 4) is 0 Å². The number of anilines is 1. The molecule has 9 nitrogen and oxygen atoms in total. The van der Waals surface area contributed by atoms with E-state index in [2.05, 4.69) is 0 Å². The van der Waals surface area contributed by atoms with Crippen LogP contribution in [0.2, 0.25) is 0 Å². The van der Waals surface area contributed by atoms with Gasteiger partial charge in [-0.25, -0.2) is 4.79 Å². The van der Waals surface area contributed by atoms with Crippen LogP contribution in [0.1, 0.15) is 10.4 Å². The zero-order valence-corrected chi connectivity index (χ0v) is 11.5. The van der Waals surface area contributed by atoms with Crippen LogP contribution in [0.15, 0.2) is 24.3 Å². The van der Waals surface area contributed by atoms with Gasteiger partial charge in [-0.05, 0) is 24.3 Å². The quantitative estimate of drug-likeness (QED) is 0.222. The second kappa shape index (κ2) is 9.82. The first-order valence-electron chi connectivity index (χ1n) is 6.11. The number of aliphatic hydroxyl groups excluding tert-OH is 5. The average molecular weight is 317 g/mol. The van der Waals surface area contributed by atoms with E-state index in [9.17, 15) is 9.59 Å². The standard InChI is InChI=1S/C7H7NO2.C6H12O6/c8-6-3-1-5(2-4-6)7(9)10;7-1-3(9)5(11)6(12)4(10)2-8/h1-4H,8H2,(H,9,10);1,3-6,8-12H,2H2/t;3-,4+,5+,6+/m.0/s1. The molecule has 0 aliphatic rings. The van der Waals surface area contributed by atoms with Crippen molar-refractivity contribution in [2.45, 2.75) is 24.4 Å². The highest BCUT2D eigenvalue weighted by Gasteiger charge is 2.29. The van der Waals surface area contributed by atoms with Crippen molar-refractivity contribution in [3.63, 3.8) is 0 Å². The average Bonchev–Trinajstić information content (AvgIpc) is 2.52. The number of benzene rings is 1. The third-order valence-corrected chi connectivity index (χ3v) is 2.58. The number of carbonyl (C=O) groups is 2. The molecule has 1 aromatic carbocycles. The van der Waals surface area contributed by atoms with Gasteiger partial charge in [-0.15, -0.1) is 0 Å². The van der Waals surface area contributed by atoms with Crippen LogP contribution in [0.4, 0.5) is 5.69 Å². The molecule has 22 heavy (non-hydrogen) atoms. The van der Waals surface area contributed by atoms with Crippen LogP contribution >= 0.6 is 0 Å². The molecule has 0 unspecified atom stereocenters. The van der Waals surface area contributed by atoms with Crippen LogP contribution in [0, 0.1) is 0 Å². The Hall–Kier alpha value is -2.04. The van der Waals surface area contributed by atoms with E-state index < -0.39 is 37.0 Å². The molecule has 4 atom stereocenters. The molecule has 0 amide bonds. The zero-order chi connectivity index (χ0) is 17.3. The van der Waals surface area contributed by atoms with Crippen molar-refractivity contribution < 1.29 is 40.2 Å². The number of carboxylic acid groups (broad SMARTS) is 1. The number of nitrogen functional groups attached to an aromatic ring is 1. The van der Waals surface area contributed by atoms with Gasteiger partial charge in [0.05, 0.1) is 12.2 Å². The summed E-state index contributed by atoms with van der Waals surface area (Å²) in [5, 5.41) is 52.0. The normalized spacial score (nSPS) is 15.7. The van der Waals surface area contributed by atoms with Gasteiger partial charge in [0, 0.05) is 5.69 Å². The van der Waals surface area contributed by atoms with E-state index in [1.807, 2.05) is 0 Å². The van der Waals surface area contributed by atoms with Crippen molar-refractivity contribution in [3.05, 3.63) is 29.8 Å². The summed E-state index contributed by atoms with van der Waals surface area (Å²) in [5.41, 5.74) is 6.17. The number of carbonyl (C=O) groups excluding carboxylic acids is 1. The van der Waals surface area contributed by atoms with Gasteiger partial charge in [-0.3, -0.25) is 0 Å². The minimum atomic E-state index is -1.79. The molecule has 0 bridgehead atoms. The first kappa shape index (κ1) is 20.0. The molecule has 0 aromatic heterocycles. The molecular weight excluding hydrogens is 298 g/mol. The molecule has 0 radical (unpaired) electrons. The van der Waals surface area contributed by atoms with E-state index in [0.29, 0.717) is 5.69 Å². The van der Waals surface area contributed by atoms with Crippen LogP contribution < -0.4 is 5.73 Å². The second-order valence-electron chi connectivity index (χ2n) is 4.28. The van der Waals surface area contributed by atoms with Crippen molar-refractivity contribution in [1.29, 1.82) is 0 Å². The Morgan fingerprint density at radius 1 is 1.09 bits per heavy atom. The Bertz CT molecular complexity index is 464. The lowest BCUT2D eigenvalue weighted by Crippen LogP contribution is -2.46. The molecule has 0 spiro atoms. The zero-order valence-electron chi connectivity index (χ0n) is 11.5. The number of carboxylic acids is 1. The minimum absolute atomic E-state index is 0.0258. The third-order valence-electron chi connectivity index (χ3n) is 2.58.